The summed E-state index contributed by atoms with van der Waals surface area (Å²) in [5.41, 5.74) is 16.3. The zero-order valence-electron chi connectivity index (χ0n) is 27.9. The summed E-state index contributed by atoms with van der Waals surface area (Å²) in [6, 6.07) is 54.9. The van der Waals surface area contributed by atoms with E-state index in [0.717, 1.165) is 0 Å². The molecule has 10 rings (SSSR count). The zero-order chi connectivity index (χ0) is 32.4. The first-order chi connectivity index (χ1) is 23.4. The standard InChI is InChI=1S/C48H36/c1-47(2)39-25-13-12-23-36(39)46-37(24-15-27-41(46)47)43-31-18-7-9-20-33(31)44(34-21-10-8-19-32(34)43)38-28-42-45(30-17-6-5-16-29(30)38)35-22-11-14-26-40(35)48(42,3)4/h5-28H,1-4H3. The lowest BCUT2D eigenvalue weighted by Crippen LogP contribution is -2.15. The van der Waals surface area contributed by atoms with E-state index in [1.165, 1.54) is 99.1 Å². The molecule has 0 saturated carbocycles. The van der Waals surface area contributed by atoms with E-state index in [9.17, 15) is 0 Å². The fourth-order valence-corrected chi connectivity index (χ4v) is 9.43. The number of fused-ring (bicyclic) bond motifs is 10. The molecule has 0 radical (unpaired) electrons. The lowest BCUT2D eigenvalue weighted by molar-refractivity contribution is 0.660. The van der Waals surface area contributed by atoms with Crippen LogP contribution >= 0.6 is 0 Å². The highest BCUT2D eigenvalue weighted by Gasteiger charge is 2.39. The third-order valence-electron chi connectivity index (χ3n) is 11.7. The van der Waals surface area contributed by atoms with Gasteiger partial charge in [0.1, 0.15) is 0 Å². The van der Waals surface area contributed by atoms with Gasteiger partial charge in [-0.3, -0.25) is 0 Å². The van der Waals surface area contributed by atoms with Crippen LogP contribution in [-0.4, -0.2) is 0 Å². The Balaban J connectivity index is 1.35. The Morgan fingerprint density at radius 1 is 0.271 bits per heavy atom. The molecule has 48 heavy (non-hydrogen) atoms. The Morgan fingerprint density at radius 3 is 1.21 bits per heavy atom. The van der Waals surface area contributed by atoms with Gasteiger partial charge in [-0.25, -0.2) is 0 Å². The highest BCUT2D eigenvalue weighted by atomic mass is 14.4. The van der Waals surface area contributed by atoms with Crippen molar-refractivity contribution in [2.45, 2.75) is 38.5 Å². The number of hydrogen-bond donors (Lipinski definition) is 0. The van der Waals surface area contributed by atoms with Gasteiger partial charge < -0.3 is 0 Å². The van der Waals surface area contributed by atoms with Crippen LogP contribution in [0.2, 0.25) is 0 Å². The quantitative estimate of drug-likeness (QED) is 0.170. The van der Waals surface area contributed by atoms with Crippen LogP contribution in [0.25, 0.3) is 76.8 Å². The second-order valence-corrected chi connectivity index (χ2v) is 14.8. The molecule has 0 spiro atoms. The van der Waals surface area contributed by atoms with Crippen LogP contribution in [0.1, 0.15) is 49.9 Å². The lowest BCUT2D eigenvalue weighted by Gasteiger charge is -2.25. The SMILES string of the molecule is CC1(C)c2ccccc2-c2c(-c3c4ccccc4c(-c4cc5c(c6ccccc46)-c4ccccc4C5(C)C)c4ccccc34)cccc21. The summed E-state index contributed by atoms with van der Waals surface area (Å²) in [6.45, 7) is 9.54. The fraction of sp³-hybridized carbons (Fsp3) is 0.125. The minimum atomic E-state index is -0.0962. The molecular weight excluding hydrogens is 577 g/mol. The summed E-state index contributed by atoms with van der Waals surface area (Å²) in [5.74, 6) is 0. The smallest absolute Gasteiger partial charge is 0.0159 e. The fourth-order valence-electron chi connectivity index (χ4n) is 9.43. The maximum Gasteiger partial charge on any atom is 0.0159 e. The molecule has 0 N–H and O–H groups in total. The molecule has 2 aliphatic carbocycles. The molecule has 0 unspecified atom stereocenters. The zero-order valence-corrected chi connectivity index (χ0v) is 27.9. The second kappa shape index (κ2) is 9.55. The van der Waals surface area contributed by atoms with Gasteiger partial charge in [0.2, 0.25) is 0 Å². The predicted molar refractivity (Wildman–Crippen MR) is 205 cm³/mol. The predicted octanol–water partition coefficient (Wildman–Crippen LogP) is 13.1. The van der Waals surface area contributed by atoms with Gasteiger partial charge in [0, 0.05) is 10.8 Å². The molecule has 0 atom stereocenters. The lowest BCUT2D eigenvalue weighted by atomic mass is 9.78. The van der Waals surface area contributed by atoms with E-state index >= 15 is 0 Å². The van der Waals surface area contributed by atoms with E-state index in [-0.39, 0.29) is 10.8 Å². The van der Waals surface area contributed by atoms with Crippen molar-refractivity contribution in [3.05, 3.63) is 168 Å². The van der Waals surface area contributed by atoms with E-state index in [0.29, 0.717) is 0 Å². The highest BCUT2D eigenvalue weighted by molar-refractivity contribution is 6.25. The van der Waals surface area contributed by atoms with Crippen molar-refractivity contribution in [3.63, 3.8) is 0 Å². The van der Waals surface area contributed by atoms with Crippen LogP contribution in [0.3, 0.4) is 0 Å². The van der Waals surface area contributed by atoms with Crippen molar-refractivity contribution in [2.24, 2.45) is 0 Å². The van der Waals surface area contributed by atoms with Gasteiger partial charge in [-0.1, -0.05) is 167 Å². The summed E-state index contributed by atoms with van der Waals surface area (Å²) in [5, 5.41) is 7.84. The summed E-state index contributed by atoms with van der Waals surface area (Å²) in [6.07, 6.45) is 0. The normalized spacial score (nSPS) is 15.0. The third kappa shape index (κ3) is 3.45. The van der Waals surface area contributed by atoms with Crippen molar-refractivity contribution in [2.75, 3.05) is 0 Å². The summed E-state index contributed by atoms with van der Waals surface area (Å²) in [7, 11) is 0. The molecule has 0 fully saturated rings. The maximum absolute atomic E-state index is 2.53. The van der Waals surface area contributed by atoms with E-state index in [1.54, 1.807) is 0 Å². The van der Waals surface area contributed by atoms with Gasteiger partial charge >= 0.3 is 0 Å². The van der Waals surface area contributed by atoms with Crippen molar-refractivity contribution in [1.82, 2.24) is 0 Å². The van der Waals surface area contributed by atoms with Crippen LogP contribution in [0.4, 0.5) is 0 Å². The Hall–Kier alpha value is -5.46. The van der Waals surface area contributed by atoms with Crippen LogP contribution in [0.5, 0.6) is 0 Å². The molecule has 0 aliphatic heterocycles. The minimum absolute atomic E-state index is 0.0544. The molecule has 8 aromatic rings. The Labute approximate surface area is 282 Å². The van der Waals surface area contributed by atoms with Gasteiger partial charge in [-0.2, -0.15) is 0 Å². The van der Waals surface area contributed by atoms with Crippen molar-refractivity contribution in [1.29, 1.82) is 0 Å². The number of hydrogen-bond acceptors (Lipinski definition) is 0. The van der Waals surface area contributed by atoms with Crippen LogP contribution in [0.15, 0.2) is 146 Å². The Morgan fingerprint density at radius 2 is 0.646 bits per heavy atom. The maximum atomic E-state index is 2.53. The monoisotopic (exact) mass is 612 g/mol. The second-order valence-electron chi connectivity index (χ2n) is 14.8. The van der Waals surface area contributed by atoms with Crippen molar-refractivity contribution < 1.29 is 0 Å². The largest absolute Gasteiger partial charge is 0.0619 e. The van der Waals surface area contributed by atoms with Gasteiger partial charge in [0.25, 0.3) is 0 Å². The van der Waals surface area contributed by atoms with E-state index in [2.05, 4.69) is 173 Å². The average Bonchev–Trinajstić information content (AvgIpc) is 3.50. The summed E-state index contributed by atoms with van der Waals surface area (Å²) >= 11 is 0. The molecule has 2 aliphatic rings. The Bertz CT molecular complexity index is 2610. The first-order valence-corrected chi connectivity index (χ1v) is 17.2. The van der Waals surface area contributed by atoms with E-state index in [4.69, 9.17) is 0 Å². The molecular formula is C48H36. The molecule has 0 nitrogen and oxygen atoms in total. The van der Waals surface area contributed by atoms with Crippen LogP contribution in [-0.2, 0) is 10.8 Å². The average molecular weight is 613 g/mol. The van der Waals surface area contributed by atoms with Crippen LogP contribution in [0, 0.1) is 0 Å². The molecule has 0 heteroatoms. The Kier molecular flexibility index (Phi) is 5.50. The van der Waals surface area contributed by atoms with E-state index in [1.807, 2.05) is 0 Å². The molecule has 0 saturated heterocycles. The molecule has 228 valence electrons. The molecule has 0 aromatic heterocycles. The van der Waals surface area contributed by atoms with Gasteiger partial charge in [-0.05, 0) is 105 Å². The molecule has 0 bridgehead atoms. The van der Waals surface area contributed by atoms with Gasteiger partial charge in [0.05, 0.1) is 0 Å². The molecule has 8 aromatic carbocycles. The van der Waals surface area contributed by atoms with Gasteiger partial charge in [0.15, 0.2) is 0 Å². The van der Waals surface area contributed by atoms with Crippen molar-refractivity contribution in [3.8, 4) is 44.5 Å². The summed E-state index contributed by atoms with van der Waals surface area (Å²) in [4.78, 5) is 0. The summed E-state index contributed by atoms with van der Waals surface area (Å²) < 4.78 is 0. The van der Waals surface area contributed by atoms with Crippen molar-refractivity contribution >= 4 is 32.3 Å². The number of rotatable bonds is 2. The topological polar surface area (TPSA) is 0 Å². The first kappa shape index (κ1) is 27.6. The highest BCUT2D eigenvalue weighted by Crippen LogP contribution is 2.57. The van der Waals surface area contributed by atoms with E-state index < -0.39 is 0 Å². The number of benzene rings is 8. The van der Waals surface area contributed by atoms with Gasteiger partial charge in [-0.15, -0.1) is 0 Å². The minimum Gasteiger partial charge on any atom is -0.0619 e. The first-order valence-electron chi connectivity index (χ1n) is 17.2. The molecule has 0 amide bonds. The van der Waals surface area contributed by atoms with Crippen LogP contribution < -0.4 is 0 Å². The third-order valence-corrected chi connectivity index (χ3v) is 11.7. The molecule has 0 heterocycles.